The van der Waals surface area contributed by atoms with Gasteiger partial charge in [-0.15, -0.1) is 0 Å². The van der Waals surface area contributed by atoms with Crippen molar-refractivity contribution in [1.29, 1.82) is 0 Å². The summed E-state index contributed by atoms with van der Waals surface area (Å²) in [7, 11) is 0. The zero-order chi connectivity index (χ0) is 9.68. The molecule has 0 atom stereocenters. The highest BCUT2D eigenvalue weighted by molar-refractivity contribution is 7.98. The summed E-state index contributed by atoms with van der Waals surface area (Å²) in [4.78, 5) is 0. The average molecular weight is 196 g/mol. The molecule has 1 rings (SSSR count). The molecule has 0 heterocycles. The van der Waals surface area contributed by atoms with Gasteiger partial charge < -0.3 is 5.11 Å². The van der Waals surface area contributed by atoms with Crippen molar-refractivity contribution in [3.8, 4) is 0 Å². The van der Waals surface area contributed by atoms with Crippen LogP contribution in [0.3, 0.4) is 0 Å². The Morgan fingerprint density at radius 1 is 1.23 bits per heavy atom. The minimum absolute atomic E-state index is 0.273. The first-order chi connectivity index (χ1) is 6.24. The second-order valence-corrected chi connectivity index (χ2v) is 4.30. The zero-order valence-corrected chi connectivity index (χ0v) is 9.03. The van der Waals surface area contributed by atoms with Gasteiger partial charge in [0.25, 0.3) is 0 Å². The molecule has 0 fully saturated rings. The molecule has 0 amide bonds. The number of hydrogen-bond donors (Lipinski definition) is 1. The molecule has 0 saturated carbocycles. The molecule has 1 nitrogen and oxygen atoms in total. The van der Waals surface area contributed by atoms with Gasteiger partial charge in [-0.3, -0.25) is 0 Å². The molecule has 72 valence electrons. The molecule has 0 bridgehead atoms. The molecular weight excluding hydrogens is 180 g/mol. The van der Waals surface area contributed by atoms with E-state index in [2.05, 4.69) is 32.0 Å². The largest absolute Gasteiger partial charge is 0.396 e. The highest BCUT2D eigenvalue weighted by Crippen LogP contribution is 2.15. The van der Waals surface area contributed by atoms with Gasteiger partial charge in [-0.05, 0) is 30.5 Å². The Morgan fingerprint density at radius 3 is 2.62 bits per heavy atom. The van der Waals surface area contributed by atoms with E-state index in [1.54, 1.807) is 11.8 Å². The van der Waals surface area contributed by atoms with E-state index in [1.165, 1.54) is 16.7 Å². The quantitative estimate of drug-likeness (QED) is 0.747. The maximum atomic E-state index is 8.62. The zero-order valence-electron chi connectivity index (χ0n) is 8.21. The Kier molecular flexibility index (Phi) is 4.33. The first-order valence-corrected chi connectivity index (χ1v) is 5.64. The van der Waals surface area contributed by atoms with Crippen LogP contribution < -0.4 is 0 Å². The van der Waals surface area contributed by atoms with Crippen LogP contribution in [0.5, 0.6) is 0 Å². The third-order valence-corrected chi connectivity index (χ3v) is 3.08. The van der Waals surface area contributed by atoms with Gasteiger partial charge >= 0.3 is 0 Å². The molecule has 0 unspecified atom stereocenters. The van der Waals surface area contributed by atoms with Crippen LogP contribution in [0.2, 0.25) is 0 Å². The molecule has 1 aromatic carbocycles. The molecule has 1 aromatic rings. The van der Waals surface area contributed by atoms with Gasteiger partial charge in [-0.1, -0.05) is 18.2 Å². The van der Waals surface area contributed by atoms with Gasteiger partial charge in [-0.2, -0.15) is 11.8 Å². The maximum Gasteiger partial charge on any atom is 0.0521 e. The molecule has 0 aliphatic heterocycles. The second-order valence-electron chi connectivity index (χ2n) is 3.19. The van der Waals surface area contributed by atoms with Crippen molar-refractivity contribution in [2.24, 2.45) is 0 Å². The Bertz CT molecular complexity index is 271. The molecule has 0 saturated heterocycles. The van der Waals surface area contributed by atoms with E-state index in [9.17, 15) is 0 Å². The number of aliphatic hydroxyl groups excluding tert-OH is 1. The number of aliphatic hydroxyl groups is 1. The van der Waals surface area contributed by atoms with Crippen LogP contribution in [0.15, 0.2) is 18.2 Å². The molecule has 0 aromatic heterocycles. The van der Waals surface area contributed by atoms with E-state index >= 15 is 0 Å². The molecule has 0 aliphatic rings. The summed E-state index contributed by atoms with van der Waals surface area (Å²) >= 11 is 1.77. The lowest BCUT2D eigenvalue weighted by Crippen LogP contribution is -1.89. The monoisotopic (exact) mass is 196 g/mol. The summed E-state index contributed by atoms with van der Waals surface area (Å²) in [5.74, 6) is 1.83. The smallest absolute Gasteiger partial charge is 0.0521 e. The van der Waals surface area contributed by atoms with Crippen molar-refractivity contribution in [2.75, 3.05) is 12.4 Å². The van der Waals surface area contributed by atoms with Crippen LogP contribution in [0.1, 0.15) is 16.7 Å². The minimum atomic E-state index is 0.273. The highest BCUT2D eigenvalue weighted by Gasteiger charge is 1.96. The molecular formula is C11H16OS. The van der Waals surface area contributed by atoms with Crippen molar-refractivity contribution in [1.82, 2.24) is 0 Å². The number of benzene rings is 1. The molecule has 0 radical (unpaired) electrons. The molecule has 0 spiro atoms. The Balaban J connectivity index is 2.53. The summed E-state index contributed by atoms with van der Waals surface area (Å²) < 4.78 is 0. The number of hydrogen-bond acceptors (Lipinski definition) is 2. The van der Waals surface area contributed by atoms with Crippen LogP contribution >= 0.6 is 11.8 Å². The molecule has 1 N–H and O–H groups in total. The molecule has 0 aliphatic carbocycles. The van der Waals surface area contributed by atoms with E-state index in [4.69, 9.17) is 5.11 Å². The Hall–Kier alpha value is -0.470. The predicted molar refractivity (Wildman–Crippen MR) is 59.2 cm³/mol. The van der Waals surface area contributed by atoms with Crippen molar-refractivity contribution < 1.29 is 5.11 Å². The van der Waals surface area contributed by atoms with Crippen LogP contribution in [0, 0.1) is 13.8 Å². The third-order valence-electron chi connectivity index (χ3n) is 2.08. The fraction of sp³-hybridized carbons (Fsp3) is 0.455. The minimum Gasteiger partial charge on any atom is -0.396 e. The standard InChI is InChI=1S/C11H16OS/c1-9-3-4-11(7-10(9)2)8-13-6-5-12/h3-4,7,12H,5-6,8H2,1-2H3. The van der Waals surface area contributed by atoms with E-state index < -0.39 is 0 Å². The second kappa shape index (κ2) is 5.30. The van der Waals surface area contributed by atoms with Crippen molar-refractivity contribution in [3.63, 3.8) is 0 Å². The SMILES string of the molecule is Cc1ccc(CSCCO)cc1C. The summed E-state index contributed by atoms with van der Waals surface area (Å²) in [6.45, 7) is 4.53. The topological polar surface area (TPSA) is 20.2 Å². The predicted octanol–water partition coefficient (Wildman–Crippen LogP) is 2.53. The Labute approximate surface area is 84.2 Å². The van der Waals surface area contributed by atoms with E-state index in [-0.39, 0.29) is 6.61 Å². The first kappa shape index (κ1) is 10.6. The highest BCUT2D eigenvalue weighted by atomic mass is 32.2. The van der Waals surface area contributed by atoms with Crippen LogP contribution in [-0.2, 0) is 5.75 Å². The van der Waals surface area contributed by atoms with Crippen molar-refractivity contribution >= 4 is 11.8 Å². The summed E-state index contributed by atoms with van der Waals surface area (Å²) in [6, 6.07) is 6.54. The van der Waals surface area contributed by atoms with E-state index in [0.717, 1.165) is 11.5 Å². The van der Waals surface area contributed by atoms with Crippen LogP contribution in [0.25, 0.3) is 0 Å². The van der Waals surface area contributed by atoms with Gasteiger partial charge in [-0.25, -0.2) is 0 Å². The summed E-state index contributed by atoms with van der Waals surface area (Å²) in [6.07, 6.45) is 0. The number of thioether (sulfide) groups is 1. The number of aryl methyl sites for hydroxylation is 2. The fourth-order valence-corrected chi connectivity index (χ4v) is 1.84. The van der Waals surface area contributed by atoms with E-state index in [1.807, 2.05) is 0 Å². The van der Waals surface area contributed by atoms with Gasteiger partial charge in [0.05, 0.1) is 6.61 Å². The van der Waals surface area contributed by atoms with Crippen LogP contribution in [0.4, 0.5) is 0 Å². The van der Waals surface area contributed by atoms with Crippen molar-refractivity contribution in [3.05, 3.63) is 34.9 Å². The third kappa shape index (κ3) is 3.41. The summed E-state index contributed by atoms with van der Waals surface area (Å²) in [5, 5.41) is 8.62. The fourth-order valence-electron chi connectivity index (χ4n) is 1.15. The van der Waals surface area contributed by atoms with Gasteiger partial charge in [0.15, 0.2) is 0 Å². The molecule has 13 heavy (non-hydrogen) atoms. The van der Waals surface area contributed by atoms with E-state index in [0.29, 0.717) is 0 Å². The lowest BCUT2D eigenvalue weighted by Gasteiger charge is -2.04. The molecule has 2 heteroatoms. The van der Waals surface area contributed by atoms with Crippen molar-refractivity contribution in [2.45, 2.75) is 19.6 Å². The first-order valence-electron chi connectivity index (χ1n) is 4.49. The van der Waals surface area contributed by atoms with Gasteiger partial charge in [0.1, 0.15) is 0 Å². The Morgan fingerprint density at radius 2 is 2.00 bits per heavy atom. The average Bonchev–Trinajstić information content (AvgIpc) is 2.12. The summed E-state index contributed by atoms with van der Waals surface area (Å²) in [5.41, 5.74) is 4.04. The van der Waals surface area contributed by atoms with Crippen LogP contribution in [-0.4, -0.2) is 17.5 Å². The van der Waals surface area contributed by atoms with Gasteiger partial charge in [0.2, 0.25) is 0 Å². The lowest BCUT2D eigenvalue weighted by atomic mass is 10.1. The lowest BCUT2D eigenvalue weighted by molar-refractivity contribution is 0.322. The number of rotatable bonds is 4. The normalized spacial score (nSPS) is 10.4. The van der Waals surface area contributed by atoms with Gasteiger partial charge in [0, 0.05) is 11.5 Å². The maximum absolute atomic E-state index is 8.62.